The molecule has 1 aromatic heterocycles. The molecule has 1 N–H and O–H groups in total. The summed E-state index contributed by atoms with van der Waals surface area (Å²) in [4.78, 5) is 58.7. The van der Waals surface area contributed by atoms with Crippen LogP contribution in [0, 0.1) is 5.92 Å². The largest absolute Gasteiger partial charge is 0.490 e. The molecule has 6 rings (SSSR count). The molecule has 4 heterocycles. The van der Waals surface area contributed by atoms with Crippen molar-refractivity contribution in [2.45, 2.75) is 23.1 Å². The zero-order chi connectivity index (χ0) is 27.8. The predicted molar refractivity (Wildman–Crippen MR) is 149 cm³/mol. The van der Waals surface area contributed by atoms with Gasteiger partial charge in [0.2, 0.25) is 11.8 Å². The second-order valence-electron chi connectivity index (χ2n) is 9.52. The summed E-state index contributed by atoms with van der Waals surface area (Å²) in [6, 6.07) is 14.2. The molecular formula is C28H27N3O7S2. The SMILES string of the molecule is CCOc1cc(C2c3sc(=O)[nH]c3SC3C(=O)N(c4ccccc4)C(=O)C32)ccc1OCC(=O)N1CCOCC1. The number of thioether (sulfide) groups is 1. The maximum atomic E-state index is 13.9. The number of imide groups is 1. The highest BCUT2D eigenvalue weighted by Crippen LogP contribution is 2.53. The van der Waals surface area contributed by atoms with Crippen molar-refractivity contribution in [2.24, 2.45) is 5.92 Å². The molecule has 3 aliphatic heterocycles. The number of carbonyl (C=O) groups excluding carboxylic acids is 3. The number of para-hydroxylation sites is 1. The van der Waals surface area contributed by atoms with Gasteiger partial charge in [-0.25, -0.2) is 4.90 Å². The van der Waals surface area contributed by atoms with E-state index in [0.717, 1.165) is 16.9 Å². The van der Waals surface area contributed by atoms with Gasteiger partial charge in [-0.2, -0.15) is 0 Å². The van der Waals surface area contributed by atoms with Gasteiger partial charge in [0.1, 0.15) is 5.25 Å². The van der Waals surface area contributed by atoms with Gasteiger partial charge in [0.15, 0.2) is 18.1 Å². The Morgan fingerprint density at radius 3 is 2.55 bits per heavy atom. The number of aromatic nitrogens is 1. The van der Waals surface area contributed by atoms with Crippen molar-refractivity contribution in [1.82, 2.24) is 9.88 Å². The van der Waals surface area contributed by atoms with Gasteiger partial charge >= 0.3 is 4.87 Å². The first kappa shape index (κ1) is 26.6. The molecule has 3 unspecified atom stereocenters. The number of morpholine rings is 1. The van der Waals surface area contributed by atoms with Crippen molar-refractivity contribution in [3.05, 3.63) is 68.6 Å². The first-order chi connectivity index (χ1) is 19.5. The molecule has 2 aromatic carbocycles. The molecule has 3 atom stereocenters. The van der Waals surface area contributed by atoms with E-state index in [0.29, 0.717) is 60.0 Å². The fraction of sp³-hybridized carbons (Fsp3) is 0.357. The van der Waals surface area contributed by atoms with Gasteiger partial charge in [-0.1, -0.05) is 47.4 Å². The number of ether oxygens (including phenoxy) is 3. The first-order valence-electron chi connectivity index (χ1n) is 13.0. The molecule has 3 aromatic rings. The predicted octanol–water partition coefficient (Wildman–Crippen LogP) is 2.87. The average molecular weight is 582 g/mol. The number of benzene rings is 2. The number of H-pyrrole nitrogens is 1. The lowest BCUT2D eigenvalue weighted by Crippen LogP contribution is -2.43. The van der Waals surface area contributed by atoms with Gasteiger partial charge in [-0.05, 0) is 36.8 Å². The molecule has 40 heavy (non-hydrogen) atoms. The van der Waals surface area contributed by atoms with Crippen molar-refractivity contribution in [2.75, 3.05) is 44.4 Å². The lowest BCUT2D eigenvalue weighted by molar-refractivity contribution is -0.137. The van der Waals surface area contributed by atoms with Crippen molar-refractivity contribution in [3.8, 4) is 11.5 Å². The van der Waals surface area contributed by atoms with Crippen LogP contribution in [0.2, 0.25) is 0 Å². The van der Waals surface area contributed by atoms with E-state index >= 15 is 0 Å². The third-order valence-corrected chi connectivity index (χ3v) is 9.58. The fourth-order valence-electron chi connectivity index (χ4n) is 5.36. The number of fused-ring (bicyclic) bond motifs is 2. The Kier molecular flexibility index (Phi) is 7.39. The Labute approximate surface area is 238 Å². The van der Waals surface area contributed by atoms with Gasteiger partial charge in [0.05, 0.1) is 36.5 Å². The van der Waals surface area contributed by atoms with Crippen LogP contribution in [0.4, 0.5) is 5.69 Å². The summed E-state index contributed by atoms with van der Waals surface area (Å²) in [6.45, 7) is 4.10. The topological polar surface area (TPSA) is 118 Å². The van der Waals surface area contributed by atoms with Crippen LogP contribution in [0.3, 0.4) is 0 Å². The standard InChI is InChI=1S/C28H27N3O7S2/c1-2-37-19-14-16(8-9-18(19)38-15-20(32)30-10-12-36-13-11-30)21-22-24(39-25-23(21)40-28(35)29-25)27(34)31(26(22)33)17-6-4-3-5-7-17/h3-9,14,21-22,24H,2,10-13,15H2,1H3,(H,29,35). The summed E-state index contributed by atoms with van der Waals surface area (Å²) in [5.74, 6) is -1.18. The first-order valence-corrected chi connectivity index (χ1v) is 14.7. The van der Waals surface area contributed by atoms with Crippen LogP contribution in [-0.2, 0) is 19.1 Å². The molecule has 0 aliphatic carbocycles. The number of nitrogens with one attached hydrogen (secondary N) is 1. The fourth-order valence-corrected chi connectivity index (χ4v) is 7.87. The molecule has 12 heteroatoms. The van der Waals surface area contributed by atoms with E-state index in [1.165, 1.54) is 16.7 Å². The molecule has 10 nitrogen and oxygen atoms in total. The summed E-state index contributed by atoms with van der Waals surface area (Å²) in [5.41, 5.74) is 1.24. The Balaban J connectivity index is 1.34. The number of amides is 3. The van der Waals surface area contributed by atoms with Crippen molar-refractivity contribution < 1.29 is 28.6 Å². The third kappa shape index (κ3) is 4.80. The van der Waals surface area contributed by atoms with Crippen molar-refractivity contribution >= 4 is 46.5 Å². The third-order valence-electron chi connectivity index (χ3n) is 7.18. The highest BCUT2D eigenvalue weighted by Gasteiger charge is 2.56. The lowest BCUT2D eigenvalue weighted by atomic mass is 9.83. The Bertz CT molecular complexity index is 1500. The summed E-state index contributed by atoms with van der Waals surface area (Å²) >= 11 is 2.28. The van der Waals surface area contributed by atoms with Crippen LogP contribution in [0.5, 0.6) is 11.5 Å². The Hall–Kier alpha value is -3.61. The van der Waals surface area contributed by atoms with Crippen LogP contribution in [-0.4, -0.2) is 72.4 Å². The number of aromatic amines is 1. The number of rotatable bonds is 7. The number of hydrogen-bond donors (Lipinski definition) is 1. The highest BCUT2D eigenvalue weighted by molar-refractivity contribution is 8.00. The average Bonchev–Trinajstić information content (AvgIpc) is 3.47. The molecule has 3 amide bonds. The number of anilines is 1. The summed E-state index contributed by atoms with van der Waals surface area (Å²) < 4.78 is 17.1. The minimum atomic E-state index is -0.708. The zero-order valence-electron chi connectivity index (χ0n) is 21.7. The number of hydrogen-bond acceptors (Lipinski definition) is 9. The van der Waals surface area contributed by atoms with Crippen LogP contribution < -0.4 is 19.2 Å². The van der Waals surface area contributed by atoms with E-state index in [2.05, 4.69) is 4.98 Å². The van der Waals surface area contributed by atoms with Gasteiger partial charge in [0.25, 0.3) is 5.91 Å². The number of nitrogens with zero attached hydrogens (tertiary/aromatic N) is 2. The van der Waals surface area contributed by atoms with Gasteiger partial charge in [-0.3, -0.25) is 19.2 Å². The maximum Gasteiger partial charge on any atom is 0.305 e. The van der Waals surface area contributed by atoms with Crippen LogP contribution in [0.15, 0.2) is 58.4 Å². The molecule has 3 aliphatic rings. The molecule has 2 fully saturated rings. The lowest BCUT2D eigenvalue weighted by Gasteiger charge is -2.30. The zero-order valence-corrected chi connectivity index (χ0v) is 23.3. The minimum absolute atomic E-state index is 0.139. The van der Waals surface area contributed by atoms with Gasteiger partial charge < -0.3 is 24.1 Å². The van der Waals surface area contributed by atoms with Gasteiger partial charge in [-0.15, -0.1) is 0 Å². The molecule has 0 radical (unpaired) electrons. The van der Waals surface area contributed by atoms with Crippen LogP contribution in [0.1, 0.15) is 23.3 Å². The molecule has 0 bridgehead atoms. The molecule has 208 valence electrons. The van der Waals surface area contributed by atoms with E-state index in [9.17, 15) is 19.2 Å². The minimum Gasteiger partial charge on any atom is -0.490 e. The second kappa shape index (κ2) is 11.1. The van der Waals surface area contributed by atoms with E-state index < -0.39 is 17.1 Å². The monoisotopic (exact) mass is 581 g/mol. The maximum absolute atomic E-state index is 13.9. The highest BCUT2D eigenvalue weighted by atomic mass is 32.2. The van der Waals surface area contributed by atoms with E-state index in [-0.39, 0.29) is 29.2 Å². The molecule has 0 spiro atoms. The molecule has 0 saturated carbocycles. The Morgan fingerprint density at radius 2 is 1.80 bits per heavy atom. The van der Waals surface area contributed by atoms with E-state index in [4.69, 9.17) is 14.2 Å². The normalized spacial score (nSPS) is 22.2. The van der Waals surface area contributed by atoms with E-state index in [1.807, 2.05) is 19.1 Å². The van der Waals surface area contributed by atoms with Crippen LogP contribution in [0.25, 0.3) is 0 Å². The number of thiazole rings is 1. The smallest absolute Gasteiger partial charge is 0.305 e. The van der Waals surface area contributed by atoms with Crippen molar-refractivity contribution in [1.29, 1.82) is 0 Å². The summed E-state index contributed by atoms with van der Waals surface area (Å²) in [7, 11) is 0. The summed E-state index contributed by atoms with van der Waals surface area (Å²) in [5, 5.41) is -0.0835. The summed E-state index contributed by atoms with van der Waals surface area (Å²) in [6.07, 6.45) is 0. The number of carbonyl (C=O) groups is 3. The second-order valence-corrected chi connectivity index (χ2v) is 11.7. The van der Waals surface area contributed by atoms with Gasteiger partial charge in [0, 0.05) is 23.9 Å². The molecule has 2 saturated heterocycles. The Morgan fingerprint density at radius 1 is 1.02 bits per heavy atom. The quantitative estimate of drug-likeness (QED) is 0.424. The van der Waals surface area contributed by atoms with Crippen molar-refractivity contribution in [3.63, 3.8) is 0 Å². The van der Waals surface area contributed by atoms with Crippen LogP contribution >= 0.6 is 23.1 Å². The van der Waals surface area contributed by atoms with E-state index in [1.54, 1.807) is 41.3 Å². The molecular weight excluding hydrogens is 554 g/mol.